The Hall–Kier alpha value is -3.08. The van der Waals surface area contributed by atoms with Crippen LogP contribution in [0.1, 0.15) is 41.6 Å². The summed E-state index contributed by atoms with van der Waals surface area (Å²) in [5.41, 5.74) is 1.77. The zero-order chi connectivity index (χ0) is 20.2. The van der Waals surface area contributed by atoms with E-state index in [9.17, 15) is 9.59 Å². The van der Waals surface area contributed by atoms with E-state index in [1.807, 2.05) is 18.2 Å². The number of benzene rings is 2. The Morgan fingerprint density at radius 1 is 1.10 bits per heavy atom. The van der Waals surface area contributed by atoms with Crippen molar-refractivity contribution in [3.63, 3.8) is 0 Å². The molecule has 0 radical (unpaired) electrons. The van der Waals surface area contributed by atoms with Crippen molar-refractivity contribution >= 4 is 24.0 Å². The summed E-state index contributed by atoms with van der Waals surface area (Å²) >= 11 is 0. The van der Waals surface area contributed by atoms with Gasteiger partial charge in [0, 0.05) is 11.6 Å². The molecule has 3 aliphatic carbocycles. The maximum absolute atomic E-state index is 12.2. The molecule has 2 aromatic rings. The summed E-state index contributed by atoms with van der Waals surface area (Å²) in [5.74, 6) is 2.71. The Balaban J connectivity index is 1.41. The van der Waals surface area contributed by atoms with Crippen molar-refractivity contribution in [3.8, 4) is 11.5 Å². The minimum Gasteiger partial charge on any atom is -0.493 e. The fourth-order valence-corrected chi connectivity index (χ4v) is 4.23. The van der Waals surface area contributed by atoms with Crippen LogP contribution in [0.25, 0.3) is 6.08 Å². The third kappa shape index (κ3) is 4.34. The summed E-state index contributed by atoms with van der Waals surface area (Å²) in [6.45, 7) is 0. The van der Waals surface area contributed by atoms with Gasteiger partial charge in [0.1, 0.15) is 6.10 Å². The van der Waals surface area contributed by atoms with E-state index in [2.05, 4.69) is 5.32 Å². The summed E-state index contributed by atoms with van der Waals surface area (Å²) in [6.07, 6.45) is 9.09. The van der Waals surface area contributed by atoms with Gasteiger partial charge >= 0.3 is 0 Å². The molecule has 5 heteroatoms. The van der Waals surface area contributed by atoms with Gasteiger partial charge in [0.15, 0.2) is 17.8 Å². The number of para-hydroxylation sites is 1. The molecule has 0 heterocycles. The van der Waals surface area contributed by atoms with Gasteiger partial charge in [-0.25, -0.2) is 0 Å². The minimum absolute atomic E-state index is 0.277. The van der Waals surface area contributed by atoms with Gasteiger partial charge in [0.2, 0.25) is 5.91 Å². The van der Waals surface area contributed by atoms with Crippen LogP contribution in [0, 0.1) is 11.8 Å². The fourth-order valence-electron chi connectivity index (χ4n) is 4.23. The van der Waals surface area contributed by atoms with Crippen molar-refractivity contribution in [2.45, 2.75) is 31.8 Å². The van der Waals surface area contributed by atoms with Crippen LogP contribution >= 0.6 is 0 Å². The van der Waals surface area contributed by atoms with E-state index in [-0.39, 0.29) is 12.0 Å². The topological polar surface area (TPSA) is 64.6 Å². The second-order valence-electron chi connectivity index (χ2n) is 7.77. The van der Waals surface area contributed by atoms with Crippen LogP contribution < -0.4 is 14.8 Å². The lowest BCUT2D eigenvalue weighted by molar-refractivity contribution is -0.111. The van der Waals surface area contributed by atoms with Gasteiger partial charge in [-0.1, -0.05) is 18.2 Å². The van der Waals surface area contributed by atoms with E-state index in [0.29, 0.717) is 22.9 Å². The van der Waals surface area contributed by atoms with Gasteiger partial charge in [0.25, 0.3) is 0 Å². The number of nitrogens with one attached hydrogen (secondary N) is 1. The summed E-state index contributed by atoms with van der Waals surface area (Å²) < 4.78 is 11.8. The highest BCUT2D eigenvalue weighted by molar-refractivity contribution is 6.04. The van der Waals surface area contributed by atoms with Gasteiger partial charge < -0.3 is 14.8 Å². The van der Waals surface area contributed by atoms with Crippen molar-refractivity contribution in [2.24, 2.45) is 11.8 Å². The van der Waals surface area contributed by atoms with Crippen molar-refractivity contribution in [2.75, 3.05) is 12.4 Å². The lowest BCUT2D eigenvalue weighted by Crippen LogP contribution is -2.42. The van der Waals surface area contributed by atoms with E-state index < -0.39 is 0 Å². The number of aldehydes is 1. The van der Waals surface area contributed by atoms with Crippen molar-refractivity contribution < 1.29 is 19.1 Å². The summed E-state index contributed by atoms with van der Waals surface area (Å²) in [4.78, 5) is 23.3. The van der Waals surface area contributed by atoms with E-state index >= 15 is 0 Å². The Morgan fingerprint density at radius 3 is 2.66 bits per heavy atom. The van der Waals surface area contributed by atoms with Crippen LogP contribution in [0.5, 0.6) is 11.5 Å². The average molecular weight is 391 g/mol. The third-order valence-corrected chi connectivity index (χ3v) is 5.90. The molecule has 3 fully saturated rings. The molecule has 1 atom stereocenters. The molecule has 2 aromatic carbocycles. The zero-order valence-corrected chi connectivity index (χ0v) is 16.5. The Kier molecular flexibility index (Phi) is 5.65. The minimum atomic E-state index is -0.305. The first-order valence-electron chi connectivity index (χ1n) is 10.0. The SMILES string of the molecule is COc1cc(/C=C/C(=O)Nc2ccccc2C=O)ccc1OC1CCC2CC1C2. The molecule has 29 heavy (non-hydrogen) atoms. The molecule has 1 N–H and O–H groups in total. The van der Waals surface area contributed by atoms with Gasteiger partial charge in [-0.05, 0) is 73.4 Å². The molecule has 5 rings (SSSR count). The van der Waals surface area contributed by atoms with Crippen LogP contribution in [0.2, 0.25) is 0 Å². The molecule has 0 aliphatic heterocycles. The van der Waals surface area contributed by atoms with E-state index in [0.717, 1.165) is 29.9 Å². The molecule has 3 aliphatic rings. The van der Waals surface area contributed by atoms with Gasteiger partial charge in [-0.2, -0.15) is 0 Å². The third-order valence-electron chi connectivity index (χ3n) is 5.90. The highest BCUT2D eigenvalue weighted by atomic mass is 16.5. The zero-order valence-electron chi connectivity index (χ0n) is 16.5. The molecule has 1 unspecified atom stereocenters. The fraction of sp³-hybridized carbons (Fsp3) is 0.333. The number of carbonyl (C=O) groups is 2. The first-order valence-corrected chi connectivity index (χ1v) is 10.0. The van der Waals surface area contributed by atoms with Crippen molar-refractivity contribution in [1.29, 1.82) is 0 Å². The Bertz CT molecular complexity index is 927. The van der Waals surface area contributed by atoms with E-state index in [4.69, 9.17) is 9.47 Å². The molecule has 3 saturated carbocycles. The summed E-state index contributed by atoms with van der Waals surface area (Å²) in [6, 6.07) is 12.6. The van der Waals surface area contributed by atoms with E-state index in [1.165, 1.54) is 25.3 Å². The lowest BCUT2D eigenvalue weighted by Gasteiger charge is -2.46. The number of methoxy groups -OCH3 is 1. The number of carbonyl (C=O) groups excluding carboxylic acids is 2. The van der Waals surface area contributed by atoms with Gasteiger partial charge in [-0.3, -0.25) is 9.59 Å². The predicted octanol–water partition coefficient (Wildman–Crippen LogP) is 4.73. The number of rotatable bonds is 7. The van der Waals surface area contributed by atoms with Gasteiger partial charge in [-0.15, -0.1) is 0 Å². The average Bonchev–Trinajstić information content (AvgIpc) is 2.73. The molecule has 0 spiro atoms. The number of amides is 1. The summed E-state index contributed by atoms with van der Waals surface area (Å²) in [7, 11) is 1.62. The van der Waals surface area contributed by atoms with Crippen LogP contribution in [-0.2, 0) is 4.79 Å². The molecule has 2 bridgehead atoms. The maximum Gasteiger partial charge on any atom is 0.248 e. The number of hydrogen-bond acceptors (Lipinski definition) is 4. The second kappa shape index (κ2) is 8.52. The van der Waals surface area contributed by atoms with Crippen molar-refractivity contribution in [1.82, 2.24) is 0 Å². The quantitative estimate of drug-likeness (QED) is 0.548. The first-order chi connectivity index (χ1) is 14.2. The largest absolute Gasteiger partial charge is 0.493 e. The lowest BCUT2D eigenvalue weighted by atomic mass is 9.64. The van der Waals surface area contributed by atoms with Crippen LogP contribution in [0.15, 0.2) is 48.5 Å². The van der Waals surface area contributed by atoms with Crippen molar-refractivity contribution in [3.05, 3.63) is 59.7 Å². The molecule has 1 amide bonds. The Labute approximate surface area is 170 Å². The van der Waals surface area contributed by atoms with Gasteiger partial charge in [0.05, 0.1) is 12.8 Å². The van der Waals surface area contributed by atoms with Crippen LogP contribution in [-0.4, -0.2) is 25.4 Å². The number of anilines is 1. The maximum atomic E-state index is 12.2. The molecular weight excluding hydrogens is 366 g/mol. The van der Waals surface area contributed by atoms with Crippen LogP contribution in [0.4, 0.5) is 5.69 Å². The molecule has 0 aromatic heterocycles. The number of ether oxygens (including phenoxy) is 2. The molecule has 5 nitrogen and oxygen atoms in total. The highest BCUT2D eigenvalue weighted by Gasteiger charge is 2.41. The summed E-state index contributed by atoms with van der Waals surface area (Å²) in [5, 5.41) is 2.72. The normalized spacial score (nSPS) is 22.6. The van der Waals surface area contributed by atoms with Crippen LogP contribution in [0.3, 0.4) is 0 Å². The molecule has 0 saturated heterocycles. The predicted molar refractivity (Wildman–Crippen MR) is 112 cm³/mol. The Morgan fingerprint density at radius 2 is 1.93 bits per heavy atom. The second-order valence-corrected chi connectivity index (χ2v) is 7.77. The number of fused-ring (bicyclic) bond motifs is 2. The molecule has 150 valence electrons. The smallest absolute Gasteiger partial charge is 0.248 e. The first kappa shape index (κ1) is 19.2. The van der Waals surface area contributed by atoms with E-state index in [1.54, 1.807) is 37.5 Å². The molecular formula is C24H25NO4. The highest BCUT2D eigenvalue weighted by Crippen LogP contribution is 2.47. The monoisotopic (exact) mass is 391 g/mol. The number of hydrogen-bond donors (Lipinski definition) is 1. The standard InChI is InChI=1S/C24H25NO4/c1-28-23-14-16(6-10-22(23)29-21-9-7-17-12-19(21)13-17)8-11-24(27)25-20-5-3-2-4-18(20)15-26/h2-6,8,10-11,14-15,17,19,21H,7,9,12-13H2,1H3,(H,25,27)/b11-8+.